The predicted octanol–water partition coefficient (Wildman–Crippen LogP) is 12.6. The number of hydrogen-bond acceptors (Lipinski definition) is 5. The molecule has 242 valence electrons. The third-order valence-electron chi connectivity index (χ3n) is 10.1. The summed E-state index contributed by atoms with van der Waals surface area (Å²) in [6, 6.07) is 56.0. The minimum atomic E-state index is 0.654. The van der Waals surface area contributed by atoms with Gasteiger partial charge >= 0.3 is 0 Å². The molecule has 4 heterocycles. The van der Waals surface area contributed by atoms with Gasteiger partial charge in [-0.3, -0.25) is 0 Å². The molecular formula is C47H27N3O2. The number of furan rings is 2. The van der Waals surface area contributed by atoms with E-state index in [4.69, 9.17) is 23.8 Å². The van der Waals surface area contributed by atoms with Gasteiger partial charge in [0.15, 0.2) is 5.82 Å². The Balaban J connectivity index is 1.16. The van der Waals surface area contributed by atoms with Crippen LogP contribution in [-0.4, -0.2) is 15.0 Å². The van der Waals surface area contributed by atoms with Gasteiger partial charge in [0, 0.05) is 60.0 Å². The van der Waals surface area contributed by atoms with Crippen molar-refractivity contribution in [3.8, 4) is 45.2 Å². The smallest absolute Gasteiger partial charge is 0.160 e. The van der Waals surface area contributed by atoms with E-state index >= 15 is 0 Å². The van der Waals surface area contributed by atoms with Crippen LogP contribution in [0.15, 0.2) is 173 Å². The third-order valence-corrected chi connectivity index (χ3v) is 10.1. The van der Waals surface area contributed by atoms with E-state index in [9.17, 15) is 0 Å². The average Bonchev–Trinajstić information content (AvgIpc) is 3.79. The van der Waals surface area contributed by atoms with Crippen molar-refractivity contribution in [2.45, 2.75) is 0 Å². The van der Waals surface area contributed by atoms with Crippen LogP contribution in [0.1, 0.15) is 0 Å². The highest BCUT2D eigenvalue weighted by Gasteiger charge is 2.19. The van der Waals surface area contributed by atoms with Crippen LogP contribution in [0.3, 0.4) is 0 Å². The fourth-order valence-electron chi connectivity index (χ4n) is 7.63. The second-order valence-corrected chi connectivity index (χ2v) is 13.2. The predicted molar refractivity (Wildman–Crippen MR) is 211 cm³/mol. The maximum absolute atomic E-state index is 6.36. The summed E-state index contributed by atoms with van der Waals surface area (Å²) in [4.78, 5) is 15.6. The summed E-state index contributed by atoms with van der Waals surface area (Å²) >= 11 is 0. The Kier molecular flexibility index (Phi) is 6.18. The van der Waals surface area contributed by atoms with Crippen molar-refractivity contribution < 1.29 is 8.83 Å². The van der Waals surface area contributed by atoms with Crippen molar-refractivity contribution >= 4 is 65.6 Å². The van der Waals surface area contributed by atoms with Crippen LogP contribution < -0.4 is 0 Å². The lowest BCUT2D eigenvalue weighted by Crippen LogP contribution is -1.96. The lowest BCUT2D eigenvalue weighted by atomic mass is 9.95. The van der Waals surface area contributed by atoms with Gasteiger partial charge < -0.3 is 8.83 Å². The minimum Gasteiger partial charge on any atom is -0.456 e. The van der Waals surface area contributed by atoms with E-state index in [1.54, 1.807) is 0 Å². The Bertz CT molecular complexity index is 3180. The molecule has 0 fully saturated rings. The first-order valence-electron chi connectivity index (χ1n) is 17.3. The van der Waals surface area contributed by atoms with Crippen LogP contribution in [-0.2, 0) is 0 Å². The first kappa shape index (κ1) is 28.7. The van der Waals surface area contributed by atoms with Crippen molar-refractivity contribution in [3.05, 3.63) is 164 Å². The molecule has 5 nitrogen and oxygen atoms in total. The van der Waals surface area contributed by atoms with E-state index in [2.05, 4.69) is 97.1 Å². The largest absolute Gasteiger partial charge is 0.456 e. The maximum atomic E-state index is 6.36. The average molecular weight is 666 g/mol. The molecular weight excluding hydrogens is 639 g/mol. The highest BCUT2D eigenvalue weighted by Crippen LogP contribution is 2.42. The van der Waals surface area contributed by atoms with Gasteiger partial charge in [0.2, 0.25) is 0 Å². The molecule has 0 atom stereocenters. The summed E-state index contributed by atoms with van der Waals surface area (Å²) in [6.45, 7) is 0. The number of pyridine rings is 1. The molecule has 11 aromatic rings. The van der Waals surface area contributed by atoms with Gasteiger partial charge in [-0.2, -0.15) is 0 Å². The van der Waals surface area contributed by atoms with E-state index in [0.717, 1.165) is 105 Å². The van der Waals surface area contributed by atoms with Crippen LogP contribution in [0.4, 0.5) is 0 Å². The molecule has 0 bridgehead atoms. The molecule has 0 radical (unpaired) electrons. The zero-order chi connectivity index (χ0) is 34.2. The second-order valence-electron chi connectivity index (χ2n) is 13.2. The molecule has 0 aliphatic carbocycles. The Labute approximate surface area is 297 Å². The summed E-state index contributed by atoms with van der Waals surface area (Å²) in [6.07, 6.45) is 0. The quantitative estimate of drug-likeness (QED) is 0.175. The molecule has 0 N–H and O–H groups in total. The fraction of sp³-hybridized carbons (Fsp3) is 0. The first-order chi connectivity index (χ1) is 25.7. The Hall–Kier alpha value is -7.11. The molecule has 0 amide bonds. The van der Waals surface area contributed by atoms with Crippen molar-refractivity contribution in [1.82, 2.24) is 15.0 Å². The van der Waals surface area contributed by atoms with Crippen LogP contribution >= 0.6 is 0 Å². The molecule has 0 aliphatic rings. The monoisotopic (exact) mass is 665 g/mol. The van der Waals surface area contributed by atoms with Crippen LogP contribution in [0.25, 0.3) is 111 Å². The Morgan fingerprint density at radius 3 is 1.67 bits per heavy atom. The molecule has 52 heavy (non-hydrogen) atoms. The molecule has 7 aromatic carbocycles. The maximum Gasteiger partial charge on any atom is 0.160 e. The number of para-hydroxylation sites is 2. The zero-order valence-electron chi connectivity index (χ0n) is 27.7. The Morgan fingerprint density at radius 1 is 0.327 bits per heavy atom. The van der Waals surface area contributed by atoms with E-state index in [-0.39, 0.29) is 0 Å². The van der Waals surface area contributed by atoms with Gasteiger partial charge in [-0.15, -0.1) is 0 Å². The molecule has 4 aromatic heterocycles. The summed E-state index contributed by atoms with van der Waals surface area (Å²) in [5.74, 6) is 0.654. The number of rotatable bonds is 4. The minimum absolute atomic E-state index is 0.654. The number of fused-ring (bicyclic) bond motifs is 10. The van der Waals surface area contributed by atoms with Crippen LogP contribution in [0.5, 0.6) is 0 Å². The zero-order valence-corrected chi connectivity index (χ0v) is 27.7. The van der Waals surface area contributed by atoms with Gasteiger partial charge in [-0.05, 0) is 48.5 Å². The van der Waals surface area contributed by atoms with Gasteiger partial charge in [0.05, 0.1) is 22.6 Å². The second kappa shape index (κ2) is 11.2. The van der Waals surface area contributed by atoms with Gasteiger partial charge in [-0.1, -0.05) is 115 Å². The van der Waals surface area contributed by atoms with Crippen molar-refractivity contribution in [3.63, 3.8) is 0 Å². The summed E-state index contributed by atoms with van der Waals surface area (Å²) in [7, 11) is 0. The molecule has 0 unspecified atom stereocenters. The van der Waals surface area contributed by atoms with Crippen molar-refractivity contribution in [1.29, 1.82) is 0 Å². The lowest BCUT2D eigenvalue weighted by Gasteiger charge is -2.13. The van der Waals surface area contributed by atoms with Crippen molar-refractivity contribution in [2.24, 2.45) is 0 Å². The first-order valence-corrected chi connectivity index (χ1v) is 17.3. The summed E-state index contributed by atoms with van der Waals surface area (Å²) < 4.78 is 12.6. The number of hydrogen-bond donors (Lipinski definition) is 0. The lowest BCUT2D eigenvalue weighted by molar-refractivity contribution is 0.668. The number of aromatic nitrogens is 3. The fourth-order valence-corrected chi connectivity index (χ4v) is 7.63. The van der Waals surface area contributed by atoms with Gasteiger partial charge in [0.25, 0.3) is 0 Å². The highest BCUT2D eigenvalue weighted by molar-refractivity contribution is 6.28. The molecule has 0 saturated carbocycles. The van der Waals surface area contributed by atoms with E-state index in [1.807, 2.05) is 66.7 Å². The van der Waals surface area contributed by atoms with Crippen LogP contribution in [0, 0.1) is 0 Å². The molecule has 0 aliphatic heterocycles. The molecule has 5 heteroatoms. The van der Waals surface area contributed by atoms with E-state index in [0.29, 0.717) is 5.82 Å². The number of benzene rings is 7. The standard InChI is InChI=1S/C47H27N3O2/c1-3-11-28(12-4-1)46-36-23-24-42-45(35-16-8-10-18-41(35)51-42)44(36)34-22-20-30(25-39(34)48-46)37-27-38(50-47(49-37)29-13-5-2-6-14-29)31-19-21-33-32-15-7-9-17-40(32)52-43(33)26-31/h1-27H. The Morgan fingerprint density at radius 2 is 0.904 bits per heavy atom. The van der Waals surface area contributed by atoms with Gasteiger partial charge in [0.1, 0.15) is 22.3 Å². The normalized spacial score (nSPS) is 11.8. The van der Waals surface area contributed by atoms with Gasteiger partial charge in [-0.25, -0.2) is 15.0 Å². The third kappa shape index (κ3) is 4.46. The molecule has 0 saturated heterocycles. The van der Waals surface area contributed by atoms with Crippen molar-refractivity contribution in [2.75, 3.05) is 0 Å². The SMILES string of the molecule is c1ccc(-c2nc(-c3ccc4c(c3)nc(-c3ccccc3)c3ccc5oc6ccccc6c5c34)cc(-c3ccc4c(c3)oc3ccccc34)n2)cc1. The van der Waals surface area contributed by atoms with E-state index in [1.165, 1.54) is 0 Å². The van der Waals surface area contributed by atoms with E-state index < -0.39 is 0 Å². The highest BCUT2D eigenvalue weighted by atomic mass is 16.3. The summed E-state index contributed by atoms with van der Waals surface area (Å²) in [5.41, 5.74) is 10.8. The molecule has 11 rings (SSSR count). The van der Waals surface area contributed by atoms with Crippen LogP contribution in [0.2, 0.25) is 0 Å². The number of nitrogens with zero attached hydrogens (tertiary/aromatic N) is 3. The topological polar surface area (TPSA) is 65.0 Å². The molecule has 0 spiro atoms. The summed E-state index contributed by atoms with van der Waals surface area (Å²) in [5, 5.41) is 7.65.